The second kappa shape index (κ2) is 6.71. The summed E-state index contributed by atoms with van der Waals surface area (Å²) in [4.78, 5) is 26.9. The van der Waals surface area contributed by atoms with Crippen LogP contribution in [0.15, 0.2) is 36.4 Å². The van der Waals surface area contributed by atoms with Gasteiger partial charge in [-0.05, 0) is 56.0 Å². The van der Waals surface area contributed by atoms with Crippen LogP contribution in [0, 0.1) is 33.6 Å². The van der Waals surface area contributed by atoms with E-state index < -0.39 is 0 Å². The number of para-hydroxylation sites is 1. The molecule has 2 aromatic carbocycles. The Bertz CT molecular complexity index is 822. The Morgan fingerprint density at radius 2 is 1.60 bits per heavy atom. The van der Waals surface area contributed by atoms with Crippen LogP contribution in [0.1, 0.15) is 28.7 Å². The van der Waals surface area contributed by atoms with Crippen LogP contribution < -0.4 is 10.2 Å². The van der Waals surface area contributed by atoms with Crippen molar-refractivity contribution in [3.63, 3.8) is 0 Å². The van der Waals surface area contributed by atoms with Gasteiger partial charge in [0.1, 0.15) is 0 Å². The van der Waals surface area contributed by atoms with Gasteiger partial charge in [-0.15, -0.1) is 0 Å². The Balaban J connectivity index is 1.78. The van der Waals surface area contributed by atoms with Gasteiger partial charge in [0.15, 0.2) is 0 Å². The van der Waals surface area contributed by atoms with E-state index in [9.17, 15) is 9.59 Å². The fourth-order valence-electron chi connectivity index (χ4n) is 3.38. The lowest BCUT2D eigenvalue weighted by Crippen LogP contribution is -2.29. The monoisotopic (exact) mass is 336 g/mol. The Kier molecular flexibility index (Phi) is 4.62. The number of benzene rings is 2. The van der Waals surface area contributed by atoms with Gasteiger partial charge in [0.05, 0.1) is 5.92 Å². The first kappa shape index (κ1) is 17.2. The number of nitrogens with zero attached hydrogens (tertiary/aromatic N) is 1. The highest BCUT2D eigenvalue weighted by molar-refractivity contribution is 6.04. The van der Waals surface area contributed by atoms with E-state index in [2.05, 4.69) is 5.32 Å². The quantitative estimate of drug-likeness (QED) is 0.924. The average molecular weight is 336 g/mol. The number of carbonyl (C=O) groups is 2. The summed E-state index contributed by atoms with van der Waals surface area (Å²) in [6, 6.07) is 11.9. The van der Waals surface area contributed by atoms with Crippen molar-refractivity contribution in [1.82, 2.24) is 0 Å². The number of aryl methyl sites for hydroxylation is 3. The summed E-state index contributed by atoms with van der Waals surface area (Å²) in [6.07, 6.45) is 0.254. The number of rotatable bonds is 3. The van der Waals surface area contributed by atoms with Gasteiger partial charge in [-0.25, -0.2) is 0 Å². The molecule has 0 aliphatic carbocycles. The van der Waals surface area contributed by atoms with E-state index in [-0.39, 0.29) is 24.2 Å². The van der Waals surface area contributed by atoms with Gasteiger partial charge in [-0.2, -0.15) is 0 Å². The number of hydrogen-bond acceptors (Lipinski definition) is 2. The second-order valence-corrected chi connectivity index (χ2v) is 6.88. The van der Waals surface area contributed by atoms with Gasteiger partial charge in [0.25, 0.3) is 0 Å². The molecule has 1 aliphatic rings. The molecule has 2 aromatic rings. The molecule has 1 atom stereocenters. The molecule has 130 valence electrons. The molecule has 1 heterocycles. The third-order valence-electron chi connectivity index (χ3n) is 5.09. The number of amides is 2. The zero-order valence-electron chi connectivity index (χ0n) is 15.2. The molecular weight excluding hydrogens is 312 g/mol. The summed E-state index contributed by atoms with van der Waals surface area (Å²) in [6.45, 7) is 8.43. The van der Waals surface area contributed by atoms with Crippen molar-refractivity contribution < 1.29 is 9.59 Å². The summed E-state index contributed by atoms with van der Waals surface area (Å²) in [5.74, 6) is -0.402. The van der Waals surface area contributed by atoms with Crippen LogP contribution in [-0.4, -0.2) is 18.4 Å². The summed E-state index contributed by atoms with van der Waals surface area (Å²) >= 11 is 0. The fourth-order valence-corrected chi connectivity index (χ4v) is 3.38. The summed E-state index contributed by atoms with van der Waals surface area (Å²) in [5, 5.41) is 3.02. The summed E-state index contributed by atoms with van der Waals surface area (Å²) in [7, 11) is 0. The van der Waals surface area contributed by atoms with Gasteiger partial charge in [-0.1, -0.05) is 30.3 Å². The van der Waals surface area contributed by atoms with Crippen molar-refractivity contribution in [3.8, 4) is 0 Å². The molecule has 1 saturated heterocycles. The van der Waals surface area contributed by atoms with E-state index in [1.54, 1.807) is 4.90 Å². The third kappa shape index (κ3) is 3.29. The molecule has 0 unspecified atom stereocenters. The van der Waals surface area contributed by atoms with Crippen molar-refractivity contribution >= 4 is 23.2 Å². The molecule has 25 heavy (non-hydrogen) atoms. The first-order valence-electron chi connectivity index (χ1n) is 8.62. The highest BCUT2D eigenvalue weighted by Gasteiger charge is 2.36. The molecule has 0 saturated carbocycles. The lowest BCUT2D eigenvalue weighted by molar-refractivity contribution is -0.122. The third-order valence-corrected chi connectivity index (χ3v) is 5.09. The molecule has 1 aliphatic heterocycles. The van der Waals surface area contributed by atoms with Crippen LogP contribution in [0.3, 0.4) is 0 Å². The molecule has 0 radical (unpaired) electrons. The van der Waals surface area contributed by atoms with Gasteiger partial charge >= 0.3 is 0 Å². The smallest absolute Gasteiger partial charge is 0.229 e. The van der Waals surface area contributed by atoms with Crippen molar-refractivity contribution in [2.45, 2.75) is 34.1 Å². The lowest BCUT2D eigenvalue weighted by Gasteiger charge is -2.20. The number of hydrogen-bond donors (Lipinski definition) is 1. The van der Waals surface area contributed by atoms with E-state index in [4.69, 9.17) is 0 Å². The molecule has 1 fully saturated rings. The van der Waals surface area contributed by atoms with Gasteiger partial charge in [-0.3, -0.25) is 9.59 Å². The SMILES string of the molecule is Cc1cccc(N2C[C@@H](C(=O)Nc3c(C)cccc3C)CC2=O)c1C. The Morgan fingerprint density at radius 1 is 1.00 bits per heavy atom. The Hall–Kier alpha value is -2.62. The Morgan fingerprint density at radius 3 is 2.28 bits per heavy atom. The highest BCUT2D eigenvalue weighted by atomic mass is 16.2. The van der Waals surface area contributed by atoms with E-state index in [1.165, 1.54) is 0 Å². The van der Waals surface area contributed by atoms with Crippen molar-refractivity contribution in [2.24, 2.45) is 5.92 Å². The van der Waals surface area contributed by atoms with Crippen molar-refractivity contribution in [3.05, 3.63) is 58.7 Å². The second-order valence-electron chi connectivity index (χ2n) is 6.88. The minimum Gasteiger partial charge on any atom is -0.325 e. The predicted octanol–water partition coefficient (Wildman–Crippen LogP) is 3.91. The molecule has 0 aromatic heterocycles. The molecule has 4 heteroatoms. The molecule has 0 spiro atoms. The predicted molar refractivity (Wildman–Crippen MR) is 101 cm³/mol. The maximum absolute atomic E-state index is 12.7. The van der Waals surface area contributed by atoms with Crippen molar-refractivity contribution in [2.75, 3.05) is 16.8 Å². The average Bonchev–Trinajstić information content (AvgIpc) is 2.95. The normalized spacial score (nSPS) is 17.0. The maximum atomic E-state index is 12.7. The number of anilines is 2. The van der Waals surface area contributed by atoms with Crippen LogP contribution in [0.25, 0.3) is 0 Å². The zero-order chi connectivity index (χ0) is 18.1. The van der Waals surface area contributed by atoms with Crippen LogP contribution in [0.4, 0.5) is 11.4 Å². The van der Waals surface area contributed by atoms with E-state index in [0.717, 1.165) is 33.6 Å². The summed E-state index contributed by atoms with van der Waals surface area (Å²) in [5.41, 5.74) is 6.06. The zero-order valence-corrected chi connectivity index (χ0v) is 15.2. The summed E-state index contributed by atoms with van der Waals surface area (Å²) < 4.78 is 0. The molecular formula is C21H24N2O2. The number of carbonyl (C=O) groups excluding carboxylic acids is 2. The van der Waals surface area contributed by atoms with Crippen LogP contribution in [-0.2, 0) is 9.59 Å². The highest BCUT2D eigenvalue weighted by Crippen LogP contribution is 2.30. The largest absolute Gasteiger partial charge is 0.325 e. The van der Waals surface area contributed by atoms with Gasteiger partial charge in [0.2, 0.25) is 11.8 Å². The van der Waals surface area contributed by atoms with Crippen LogP contribution in [0.2, 0.25) is 0 Å². The number of nitrogens with one attached hydrogen (secondary N) is 1. The fraction of sp³-hybridized carbons (Fsp3) is 0.333. The standard InChI is InChI=1S/C21H24N2O2/c1-13-7-6-10-18(16(13)4)23-12-17(11-19(23)24)21(25)22-20-14(2)8-5-9-15(20)3/h5-10,17H,11-12H2,1-4H3,(H,22,25)/t17-/m0/s1. The molecule has 0 bridgehead atoms. The topological polar surface area (TPSA) is 49.4 Å². The van der Waals surface area contributed by atoms with Gasteiger partial charge < -0.3 is 10.2 Å². The van der Waals surface area contributed by atoms with E-state index in [0.29, 0.717) is 6.54 Å². The lowest BCUT2D eigenvalue weighted by atomic mass is 10.1. The van der Waals surface area contributed by atoms with E-state index in [1.807, 2.05) is 64.1 Å². The molecule has 3 rings (SSSR count). The first-order chi connectivity index (χ1) is 11.9. The van der Waals surface area contributed by atoms with Crippen molar-refractivity contribution in [1.29, 1.82) is 0 Å². The molecule has 2 amide bonds. The Labute approximate surface area is 148 Å². The van der Waals surface area contributed by atoms with Crippen LogP contribution in [0.5, 0.6) is 0 Å². The van der Waals surface area contributed by atoms with Gasteiger partial charge in [0, 0.05) is 24.3 Å². The minimum atomic E-state index is -0.327. The maximum Gasteiger partial charge on any atom is 0.229 e. The minimum absolute atomic E-state index is 0.00959. The van der Waals surface area contributed by atoms with E-state index >= 15 is 0 Å². The van der Waals surface area contributed by atoms with Crippen LogP contribution >= 0.6 is 0 Å². The first-order valence-corrected chi connectivity index (χ1v) is 8.62. The molecule has 4 nitrogen and oxygen atoms in total. The molecule has 1 N–H and O–H groups in total.